The number of nitrogens with zero attached hydrogens (tertiary/aromatic N) is 12. The summed E-state index contributed by atoms with van der Waals surface area (Å²) in [5, 5.41) is 30.1. The summed E-state index contributed by atoms with van der Waals surface area (Å²) < 4.78 is 59.9. The van der Waals surface area contributed by atoms with Crippen LogP contribution in [0.15, 0.2) is 141 Å². The fourth-order valence-corrected chi connectivity index (χ4v) is 11.2. The predicted molar refractivity (Wildman–Crippen MR) is 434 cm³/mol. The standard InChI is InChI=1S/C45H59N7O12.C35H40N4O8.CH3N3.CH2O3.2Cs.H/c1-32-14-15-47-39(27-32)52(44(56)64-45(2,3)4)17-6-7-40(54)48-30-36(53)28-35(29-41(55)57-5)33-8-10-34(11-9-33)37-12-13-38(42-43(37)63-31-49-42)62-26-25-61-24-23-60-22-21-59-20-19-58-18-16-50-51-46;1-22-14-15-36-29(17-22)39(34(44)47-35(2,3)4)16-6-7-30(42)37-20-26(40)18-25(19-31(43)45-5)23-8-10-24(11-9-23)27-12-13-28(41)32-33(27)46-21-38-32;1-3-4-2;2-1-4-3;;;/h8-15,27,31,35H,6-7,16-26,28-30H2,1-5H3,(H,48,54);8-15,17,21,25,41H,6-7,16,18-20H2,1-5H3,(H,37,42);1H3;1,3H;;;/q;;;;2*+1;-1/p-1/t35-;25-;;;;;/m00...../s1. The van der Waals surface area contributed by atoms with Crippen LogP contribution in [0.3, 0.4) is 0 Å². The Labute approximate surface area is 819 Å². The molecule has 2 atom stereocenters. The van der Waals surface area contributed by atoms with Crippen LogP contribution in [-0.4, -0.2) is 204 Å². The SMILES string of the molecule is CN=[N+]=[N-].COC(=O)C[C@H](CC(=O)CNC(=O)CCCN(C(=O)OC(C)(C)C)c1cc(C)ccn1)c1ccc(-c2ccc(O)c3ncoc23)cc1.COC(=O)C[C@H](CC(=O)CNC(=O)CCCN(C(=O)OC(C)(C)C)c1cc(C)ccn1)c1ccc(-c2ccc(OCCOCCOCCOCCOCCN=[N+]=[N-])c3ncoc23)cc1.O=CO[O-].[Cs+].[Cs+].[H-]. The summed E-state index contributed by atoms with van der Waals surface area (Å²) in [7, 11) is 3.97. The van der Waals surface area contributed by atoms with Crippen molar-refractivity contribution in [1.82, 2.24) is 30.6 Å². The van der Waals surface area contributed by atoms with Crippen LogP contribution >= 0.6 is 0 Å². The first-order valence-corrected chi connectivity index (χ1v) is 37.8. The van der Waals surface area contributed by atoms with Gasteiger partial charge in [-0.15, -0.1) is 0 Å². The number of aromatic hydroxyl groups is 1. The Hall–Kier alpha value is -8.53. The van der Waals surface area contributed by atoms with E-state index in [1.807, 2.05) is 86.6 Å². The van der Waals surface area contributed by atoms with E-state index in [1.54, 1.807) is 78.2 Å². The second kappa shape index (κ2) is 58.5. The molecule has 121 heavy (non-hydrogen) atoms. The van der Waals surface area contributed by atoms with Gasteiger partial charge in [0.2, 0.25) is 11.8 Å². The van der Waals surface area contributed by atoms with Gasteiger partial charge in [0, 0.05) is 97.5 Å². The number of phenolic OH excluding ortho intramolecular Hbond substituents is 1. The van der Waals surface area contributed by atoms with Crippen LogP contribution in [0.2, 0.25) is 0 Å². The maximum Gasteiger partial charge on any atom is 1.00 e. The first-order valence-electron chi connectivity index (χ1n) is 37.8. The number of rotatable bonds is 43. The predicted octanol–water partition coefficient (Wildman–Crippen LogP) is 6.23. The summed E-state index contributed by atoms with van der Waals surface area (Å²) in [5.74, 6) is -1.73. The molecule has 8 aromatic rings. The van der Waals surface area contributed by atoms with E-state index in [2.05, 4.69) is 55.5 Å². The molecule has 4 aromatic carbocycles. The van der Waals surface area contributed by atoms with Crippen molar-refractivity contribution in [3.05, 3.63) is 165 Å². The van der Waals surface area contributed by atoms with Gasteiger partial charge in [-0.05, 0) is 161 Å². The smallest absolute Gasteiger partial charge is 1.00 e. The number of benzene rings is 4. The number of ketones is 2. The summed E-state index contributed by atoms with van der Waals surface area (Å²) >= 11 is 0. The first-order chi connectivity index (χ1) is 57.0. The van der Waals surface area contributed by atoms with Gasteiger partial charge < -0.3 is 78.8 Å². The van der Waals surface area contributed by atoms with Gasteiger partial charge in [0.15, 0.2) is 46.6 Å². The Kier molecular flexibility index (Phi) is 51.6. The molecule has 0 radical (unpaired) electrons. The Bertz CT molecular complexity index is 4670. The molecule has 0 saturated carbocycles. The Balaban J connectivity index is 0.000000768. The van der Waals surface area contributed by atoms with Crippen LogP contribution in [0.25, 0.3) is 65.3 Å². The van der Waals surface area contributed by atoms with Crippen molar-refractivity contribution in [3.8, 4) is 33.8 Å². The minimum absolute atomic E-state index is 0. The second-order valence-corrected chi connectivity index (χ2v) is 28.1. The molecule has 4 amide bonds. The van der Waals surface area contributed by atoms with E-state index in [1.165, 1.54) is 43.9 Å². The number of anilines is 2. The number of pyridine rings is 2. The fraction of sp³-hybridized carbons (Fsp3) is 0.451. The zero-order valence-electron chi connectivity index (χ0n) is 71.6. The van der Waals surface area contributed by atoms with Gasteiger partial charge in [0.25, 0.3) is 6.47 Å². The third-order valence-electron chi connectivity index (χ3n) is 16.8. The quantitative estimate of drug-likeness (QED) is 0.00439. The van der Waals surface area contributed by atoms with Crippen LogP contribution in [0.5, 0.6) is 11.5 Å². The molecule has 0 fully saturated rings. The molecule has 39 heteroatoms. The number of methoxy groups -OCH3 is 2. The summed E-state index contributed by atoms with van der Waals surface area (Å²) in [6.45, 7) is 17.9. The molecular formula is C82H104Cs2N14O23. The number of azide groups is 2. The molecule has 37 nitrogen and oxygen atoms in total. The summed E-state index contributed by atoms with van der Waals surface area (Å²) in [4.78, 5) is 138. The molecule has 0 aliphatic carbocycles. The van der Waals surface area contributed by atoms with Gasteiger partial charge in [-0.25, -0.2) is 29.5 Å². The molecule has 0 aliphatic rings. The van der Waals surface area contributed by atoms with Crippen molar-refractivity contribution in [1.29, 1.82) is 0 Å². The van der Waals surface area contributed by atoms with Gasteiger partial charge in [-0.1, -0.05) is 58.8 Å². The zero-order valence-corrected chi connectivity index (χ0v) is 83.2. The van der Waals surface area contributed by atoms with Crippen LogP contribution in [0.1, 0.15) is 128 Å². The minimum atomic E-state index is -0.721. The van der Waals surface area contributed by atoms with E-state index < -0.39 is 47.2 Å². The Morgan fingerprint density at radius 1 is 0.570 bits per heavy atom. The normalized spacial score (nSPS) is 11.1. The van der Waals surface area contributed by atoms with Gasteiger partial charge >= 0.3 is 162 Å². The largest absolute Gasteiger partial charge is 1.00 e. The number of phenols is 1. The fourth-order valence-electron chi connectivity index (χ4n) is 11.2. The molecule has 0 aliphatic heterocycles. The van der Waals surface area contributed by atoms with Crippen LogP contribution in [0.4, 0.5) is 21.2 Å². The van der Waals surface area contributed by atoms with Crippen molar-refractivity contribution in [2.75, 3.05) is 123 Å². The molecule has 3 N–H and O–H groups in total. The minimum Gasteiger partial charge on any atom is -1.00 e. The zero-order chi connectivity index (χ0) is 87.1. The second-order valence-electron chi connectivity index (χ2n) is 28.1. The molecule has 642 valence electrons. The van der Waals surface area contributed by atoms with E-state index in [4.69, 9.17) is 72.6 Å². The molecule has 0 spiro atoms. The number of hydrogen-bond donors (Lipinski definition) is 3. The third kappa shape index (κ3) is 40.6. The van der Waals surface area contributed by atoms with Crippen LogP contribution < -0.4 is 168 Å². The number of ether oxygens (including phenoxy) is 9. The van der Waals surface area contributed by atoms with Crippen molar-refractivity contribution in [2.24, 2.45) is 10.2 Å². The number of fused-ring (bicyclic) bond motifs is 2. The Morgan fingerprint density at radius 3 is 1.36 bits per heavy atom. The average molecular weight is 1920 g/mol. The number of carbonyl (C=O) groups is 9. The number of oxazole rings is 2. The molecule has 8 rings (SSSR count). The number of hydrogen-bond acceptors (Lipinski definition) is 29. The van der Waals surface area contributed by atoms with Crippen LogP contribution in [-0.2, 0) is 76.3 Å². The van der Waals surface area contributed by atoms with Crippen LogP contribution in [0, 0.1) is 13.8 Å². The van der Waals surface area contributed by atoms with E-state index in [-0.39, 0.29) is 246 Å². The topological polar surface area (TPSA) is 495 Å². The number of aryl methyl sites for hydroxylation is 2. The van der Waals surface area contributed by atoms with Gasteiger partial charge in [0.05, 0.1) is 93.0 Å². The number of Topliss-reactive ketones (excluding diaryl/α,β-unsaturated/α-hetero) is 2. The Morgan fingerprint density at radius 2 is 0.967 bits per heavy atom. The monoisotopic (exact) mass is 1920 g/mol. The van der Waals surface area contributed by atoms with Gasteiger partial charge in [-0.2, -0.15) is 0 Å². The summed E-state index contributed by atoms with van der Waals surface area (Å²) in [5.41, 5.74) is 22.5. The van der Waals surface area contributed by atoms with E-state index in [0.29, 0.717) is 112 Å². The van der Waals surface area contributed by atoms with Crippen molar-refractivity contribution in [2.45, 2.75) is 130 Å². The van der Waals surface area contributed by atoms with E-state index in [9.17, 15) is 43.5 Å². The summed E-state index contributed by atoms with van der Waals surface area (Å²) in [6, 6.07) is 28.9. The molecule has 4 aromatic heterocycles. The van der Waals surface area contributed by atoms with E-state index in [0.717, 1.165) is 44.5 Å². The first kappa shape index (κ1) is 107. The molecule has 0 saturated heterocycles. The number of amides is 4. The maximum atomic E-state index is 13.2. The van der Waals surface area contributed by atoms with E-state index >= 15 is 0 Å². The molecular weight excluding hydrogens is 1810 g/mol. The average Bonchev–Trinajstić information content (AvgIpc) is 1.67. The molecule has 0 bridgehead atoms. The van der Waals surface area contributed by atoms with Crippen molar-refractivity contribution >= 4 is 87.8 Å². The molecule has 4 heterocycles. The van der Waals surface area contributed by atoms with Gasteiger partial charge in [-0.3, -0.25) is 43.4 Å². The number of nitrogens with one attached hydrogen (secondary N) is 2. The number of carbonyl (C=O) groups excluding carboxylic acids is 9. The maximum absolute atomic E-state index is 13.2. The third-order valence-corrected chi connectivity index (χ3v) is 16.8. The van der Waals surface area contributed by atoms with Gasteiger partial charge in [0.1, 0.15) is 40.9 Å². The summed E-state index contributed by atoms with van der Waals surface area (Å²) in [6.07, 6.45) is 5.37. The number of esters is 2. The van der Waals surface area contributed by atoms with Crippen molar-refractivity contribution in [3.63, 3.8) is 0 Å². The number of aromatic nitrogens is 4. The van der Waals surface area contributed by atoms with Crippen molar-refractivity contribution < 1.29 is 249 Å². The molecule has 0 unspecified atom stereocenters.